The number of nitrogens with two attached hydrogens (primary N) is 1. The number of primary amides is 1. The van der Waals surface area contributed by atoms with Crippen molar-refractivity contribution in [1.29, 1.82) is 0 Å². The highest BCUT2D eigenvalue weighted by Crippen LogP contribution is 1.67. The van der Waals surface area contributed by atoms with Crippen molar-refractivity contribution < 1.29 is 4.79 Å². The number of amides is 1. The molecular weight excluding hydrogens is 116 g/mol. The van der Waals surface area contributed by atoms with E-state index in [-0.39, 0.29) is 5.91 Å². The Bertz CT molecular complexity index is 64.1. The lowest BCUT2D eigenvalue weighted by atomic mass is 10.4. The van der Waals surface area contributed by atoms with Crippen LogP contribution in [0.3, 0.4) is 0 Å². The zero-order chi connectivity index (χ0) is 7.70. The van der Waals surface area contributed by atoms with Crippen molar-refractivity contribution in [2.75, 3.05) is 13.6 Å². The minimum atomic E-state index is -0.255. The zero-order valence-corrected chi connectivity index (χ0v) is 6.40. The van der Waals surface area contributed by atoms with E-state index in [1.807, 2.05) is 13.8 Å². The van der Waals surface area contributed by atoms with Crippen molar-refractivity contribution in [3.8, 4) is 0 Å². The average molecular weight is 132 g/mol. The molecule has 0 atom stereocenters. The smallest absolute Gasteiger partial charge is 0.218 e. The van der Waals surface area contributed by atoms with Crippen LogP contribution in [0.25, 0.3) is 0 Å². The van der Waals surface area contributed by atoms with E-state index in [4.69, 9.17) is 5.73 Å². The van der Waals surface area contributed by atoms with Gasteiger partial charge in [0.1, 0.15) is 0 Å². The minimum absolute atomic E-state index is 0.255. The lowest BCUT2D eigenvalue weighted by Gasteiger charge is -1.89. The van der Waals surface area contributed by atoms with Crippen LogP contribution in [-0.4, -0.2) is 19.5 Å². The van der Waals surface area contributed by atoms with Crippen LogP contribution < -0.4 is 11.1 Å². The summed E-state index contributed by atoms with van der Waals surface area (Å²) < 4.78 is 0. The first-order chi connectivity index (χ1) is 4.27. The molecule has 3 nitrogen and oxygen atoms in total. The molecule has 0 bridgehead atoms. The van der Waals surface area contributed by atoms with Gasteiger partial charge in [-0.05, 0) is 7.05 Å². The molecule has 3 N–H and O–H groups in total. The summed E-state index contributed by atoms with van der Waals surface area (Å²) in [5, 5.41) is 2.80. The molecule has 56 valence electrons. The summed E-state index contributed by atoms with van der Waals surface area (Å²) in [6.07, 6.45) is 0.427. The van der Waals surface area contributed by atoms with Crippen molar-refractivity contribution >= 4 is 5.91 Å². The Kier molecular flexibility index (Phi) is 13.0. The van der Waals surface area contributed by atoms with E-state index in [1.165, 1.54) is 0 Å². The van der Waals surface area contributed by atoms with Crippen LogP contribution >= 0.6 is 0 Å². The summed E-state index contributed by atoms with van der Waals surface area (Å²) in [5.41, 5.74) is 4.80. The maximum Gasteiger partial charge on any atom is 0.218 e. The maximum atomic E-state index is 9.94. The highest BCUT2D eigenvalue weighted by molar-refractivity contribution is 5.73. The first-order valence-electron chi connectivity index (χ1n) is 3.20. The number of rotatable bonds is 3. The number of carbonyl (C=O) groups is 1. The third-order valence-corrected chi connectivity index (χ3v) is 0.621. The highest BCUT2D eigenvalue weighted by Gasteiger charge is 1.87. The largest absolute Gasteiger partial charge is 0.370 e. The van der Waals surface area contributed by atoms with Gasteiger partial charge in [0.2, 0.25) is 5.91 Å². The van der Waals surface area contributed by atoms with Gasteiger partial charge >= 0.3 is 0 Å². The second kappa shape index (κ2) is 10.4. The molecular formula is C6H16N2O. The summed E-state index contributed by atoms with van der Waals surface area (Å²) in [6, 6.07) is 0. The third-order valence-electron chi connectivity index (χ3n) is 0.621. The molecule has 0 radical (unpaired) electrons. The van der Waals surface area contributed by atoms with Crippen molar-refractivity contribution in [1.82, 2.24) is 5.32 Å². The normalized spacial score (nSPS) is 7.44. The molecule has 0 fully saturated rings. The van der Waals surface area contributed by atoms with E-state index in [9.17, 15) is 4.79 Å². The van der Waals surface area contributed by atoms with E-state index >= 15 is 0 Å². The molecule has 3 heteroatoms. The zero-order valence-electron chi connectivity index (χ0n) is 6.40. The molecule has 0 aromatic rings. The summed E-state index contributed by atoms with van der Waals surface area (Å²) in [6.45, 7) is 4.68. The number of nitrogens with one attached hydrogen (secondary N) is 1. The van der Waals surface area contributed by atoms with Gasteiger partial charge in [0.05, 0.1) is 0 Å². The predicted octanol–water partition coefficient (Wildman–Crippen LogP) is 0.107. The van der Waals surface area contributed by atoms with Crippen LogP contribution in [0.5, 0.6) is 0 Å². The van der Waals surface area contributed by atoms with Crippen LogP contribution in [0.1, 0.15) is 20.3 Å². The Hall–Kier alpha value is -0.570. The fraction of sp³-hybridized carbons (Fsp3) is 0.833. The van der Waals surface area contributed by atoms with Gasteiger partial charge in [-0.15, -0.1) is 0 Å². The molecule has 9 heavy (non-hydrogen) atoms. The van der Waals surface area contributed by atoms with E-state index in [2.05, 4.69) is 5.32 Å². The monoisotopic (exact) mass is 132 g/mol. The topological polar surface area (TPSA) is 55.1 Å². The second-order valence-corrected chi connectivity index (χ2v) is 1.32. The Labute approximate surface area is 56.6 Å². The van der Waals surface area contributed by atoms with E-state index in [1.54, 1.807) is 7.05 Å². The molecule has 0 aromatic heterocycles. The summed E-state index contributed by atoms with van der Waals surface area (Å²) in [7, 11) is 1.78. The highest BCUT2D eigenvalue weighted by atomic mass is 16.1. The summed E-state index contributed by atoms with van der Waals surface area (Å²) >= 11 is 0. The molecule has 0 saturated heterocycles. The fourth-order valence-electron chi connectivity index (χ4n) is 0.248. The molecule has 1 amide bonds. The Morgan fingerprint density at radius 1 is 1.56 bits per heavy atom. The van der Waals surface area contributed by atoms with Crippen LogP contribution in [0, 0.1) is 0 Å². The SMILES string of the molecule is CC.CNCCC(N)=O. The van der Waals surface area contributed by atoms with Gasteiger partial charge in [0, 0.05) is 13.0 Å². The molecule has 0 aromatic carbocycles. The van der Waals surface area contributed by atoms with Gasteiger partial charge in [-0.25, -0.2) is 0 Å². The quantitative estimate of drug-likeness (QED) is 0.572. The molecule has 0 rings (SSSR count). The second-order valence-electron chi connectivity index (χ2n) is 1.32. The van der Waals surface area contributed by atoms with Crippen LogP contribution in [-0.2, 0) is 4.79 Å². The van der Waals surface area contributed by atoms with E-state index in [0.717, 1.165) is 0 Å². The van der Waals surface area contributed by atoms with E-state index < -0.39 is 0 Å². The molecule has 0 heterocycles. The van der Waals surface area contributed by atoms with Crippen LogP contribution in [0.15, 0.2) is 0 Å². The fourth-order valence-corrected chi connectivity index (χ4v) is 0.248. The van der Waals surface area contributed by atoms with Crippen molar-refractivity contribution in [3.63, 3.8) is 0 Å². The third kappa shape index (κ3) is 18.6. The van der Waals surface area contributed by atoms with Crippen LogP contribution in [0.4, 0.5) is 0 Å². The number of hydrogen-bond donors (Lipinski definition) is 2. The van der Waals surface area contributed by atoms with Crippen LogP contribution in [0.2, 0.25) is 0 Å². The lowest BCUT2D eigenvalue weighted by molar-refractivity contribution is -0.117. The first-order valence-corrected chi connectivity index (χ1v) is 3.20. The van der Waals surface area contributed by atoms with Gasteiger partial charge in [0.15, 0.2) is 0 Å². The molecule has 0 aliphatic carbocycles. The molecule has 0 spiro atoms. The first kappa shape index (κ1) is 11.3. The average Bonchev–Trinajstić information content (AvgIpc) is 1.88. The van der Waals surface area contributed by atoms with E-state index in [0.29, 0.717) is 13.0 Å². The number of hydrogen-bond acceptors (Lipinski definition) is 2. The summed E-state index contributed by atoms with van der Waals surface area (Å²) in [4.78, 5) is 9.94. The Balaban J connectivity index is 0. The Morgan fingerprint density at radius 3 is 2.11 bits per heavy atom. The van der Waals surface area contributed by atoms with Crippen molar-refractivity contribution in [2.24, 2.45) is 5.73 Å². The number of carbonyl (C=O) groups excluding carboxylic acids is 1. The minimum Gasteiger partial charge on any atom is -0.370 e. The van der Waals surface area contributed by atoms with Gasteiger partial charge < -0.3 is 11.1 Å². The maximum absolute atomic E-state index is 9.94. The molecule has 0 aliphatic rings. The molecule has 0 saturated carbocycles. The molecule has 0 aliphatic heterocycles. The van der Waals surface area contributed by atoms with Gasteiger partial charge in [-0.2, -0.15) is 0 Å². The van der Waals surface area contributed by atoms with Crippen molar-refractivity contribution in [3.05, 3.63) is 0 Å². The van der Waals surface area contributed by atoms with Gasteiger partial charge in [-0.1, -0.05) is 13.8 Å². The summed E-state index contributed by atoms with van der Waals surface area (Å²) in [5.74, 6) is -0.255. The standard InChI is InChI=1S/C4H10N2O.C2H6/c1-6-3-2-4(5)7;1-2/h6H,2-3H2,1H3,(H2,5,7);1-2H3. The van der Waals surface area contributed by atoms with Gasteiger partial charge in [-0.3, -0.25) is 4.79 Å². The molecule has 0 unspecified atom stereocenters. The van der Waals surface area contributed by atoms with Crippen molar-refractivity contribution in [2.45, 2.75) is 20.3 Å². The predicted molar refractivity (Wildman–Crippen MR) is 39.1 cm³/mol. The Morgan fingerprint density at radius 2 is 2.00 bits per heavy atom. The lowest BCUT2D eigenvalue weighted by Crippen LogP contribution is -2.18. The van der Waals surface area contributed by atoms with Gasteiger partial charge in [0.25, 0.3) is 0 Å².